The summed E-state index contributed by atoms with van der Waals surface area (Å²) in [5.74, 6) is 0. The lowest BCUT2D eigenvalue weighted by Crippen LogP contribution is -2.30. The molecule has 98 valence electrons. The highest BCUT2D eigenvalue weighted by Gasteiger charge is 2.39. The first-order valence-corrected chi connectivity index (χ1v) is 7.24. The summed E-state index contributed by atoms with van der Waals surface area (Å²) in [5.41, 5.74) is 3.48. The van der Waals surface area contributed by atoms with Gasteiger partial charge in [0.15, 0.2) is 0 Å². The molecule has 2 heteroatoms. The Balaban J connectivity index is 1.52. The minimum atomic E-state index is 0.618. The Labute approximate surface area is 110 Å². The van der Waals surface area contributed by atoms with E-state index in [9.17, 15) is 0 Å². The molecule has 1 N–H and O–H groups in total. The van der Waals surface area contributed by atoms with Crippen LogP contribution in [0.4, 0.5) is 0 Å². The zero-order chi connectivity index (χ0) is 12.4. The molecule has 0 aliphatic carbocycles. The lowest BCUT2D eigenvalue weighted by molar-refractivity contribution is 0.277. The second kappa shape index (κ2) is 5.02. The van der Waals surface area contributed by atoms with Crippen LogP contribution in [-0.2, 0) is 6.42 Å². The Morgan fingerprint density at radius 1 is 1.33 bits per heavy atom. The minimum Gasteiger partial charge on any atom is -0.316 e. The molecular formula is C16H24N2. The molecule has 0 bridgehead atoms. The molecule has 2 heterocycles. The zero-order valence-corrected chi connectivity index (χ0v) is 11.4. The van der Waals surface area contributed by atoms with E-state index in [1.54, 1.807) is 0 Å². The fourth-order valence-corrected chi connectivity index (χ4v) is 3.52. The van der Waals surface area contributed by atoms with Crippen LogP contribution in [0.2, 0.25) is 0 Å². The van der Waals surface area contributed by atoms with Crippen LogP contribution in [0.25, 0.3) is 0 Å². The summed E-state index contributed by atoms with van der Waals surface area (Å²) in [6.45, 7) is 8.49. The van der Waals surface area contributed by atoms with Gasteiger partial charge in [-0.2, -0.15) is 0 Å². The summed E-state index contributed by atoms with van der Waals surface area (Å²) in [4.78, 5) is 2.66. The second-order valence-electron chi connectivity index (χ2n) is 6.19. The van der Waals surface area contributed by atoms with Crippen LogP contribution >= 0.6 is 0 Å². The van der Waals surface area contributed by atoms with E-state index in [2.05, 4.69) is 41.4 Å². The molecule has 0 amide bonds. The average molecular weight is 244 g/mol. The van der Waals surface area contributed by atoms with Crippen LogP contribution < -0.4 is 5.32 Å². The number of nitrogens with zero attached hydrogens (tertiary/aromatic N) is 1. The van der Waals surface area contributed by atoms with Gasteiger partial charge < -0.3 is 10.2 Å². The van der Waals surface area contributed by atoms with E-state index in [1.807, 2.05) is 0 Å². The number of hydrogen-bond acceptors (Lipinski definition) is 2. The van der Waals surface area contributed by atoms with Crippen LogP contribution in [0.3, 0.4) is 0 Å². The number of nitrogens with one attached hydrogen (secondary N) is 1. The zero-order valence-electron chi connectivity index (χ0n) is 11.4. The molecule has 3 rings (SSSR count). The van der Waals surface area contributed by atoms with Crippen LogP contribution in [0, 0.1) is 12.3 Å². The maximum Gasteiger partial charge on any atom is 0.00512 e. The lowest BCUT2D eigenvalue weighted by Gasteiger charge is -2.22. The smallest absolute Gasteiger partial charge is 0.00512 e. The van der Waals surface area contributed by atoms with Crippen molar-refractivity contribution in [3.05, 3.63) is 35.4 Å². The van der Waals surface area contributed by atoms with Crippen molar-refractivity contribution < 1.29 is 0 Å². The van der Waals surface area contributed by atoms with Gasteiger partial charge in [0.1, 0.15) is 0 Å². The first-order chi connectivity index (χ1) is 8.76. The Morgan fingerprint density at radius 3 is 3.06 bits per heavy atom. The van der Waals surface area contributed by atoms with Gasteiger partial charge in [-0.15, -0.1) is 0 Å². The van der Waals surface area contributed by atoms with E-state index in [-0.39, 0.29) is 0 Å². The van der Waals surface area contributed by atoms with Crippen molar-refractivity contribution in [2.45, 2.75) is 26.2 Å². The molecule has 1 aromatic rings. The summed E-state index contributed by atoms with van der Waals surface area (Å²) in [7, 11) is 0. The van der Waals surface area contributed by atoms with E-state index >= 15 is 0 Å². The van der Waals surface area contributed by atoms with Gasteiger partial charge in [-0.05, 0) is 50.3 Å². The van der Waals surface area contributed by atoms with Crippen molar-refractivity contribution in [3.8, 4) is 0 Å². The van der Waals surface area contributed by atoms with E-state index in [0.29, 0.717) is 5.41 Å². The fraction of sp³-hybridized carbons (Fsp3) is 0.625. The summed E-state index contributed by atoms with van der Waals surface area (Å²) in [5, 5.41) is 3.53. The topological polar surface area (TPSA) is 15.3 Å². The molecule has 0 radical (unpaired) electrons. The summed E-state index contributed by atoms with van der Waals surface area (Å²) >= 11 is 0. The second-order valence-corrected chi connectivity index (χ2v) is 6.19. The van der Waals surface area contributed by atoms with Gasteiger partial charge in [0.25, 0.3) is 0 Å². The molecule has 18 heavy (non-hydrogen) atoms. The SMILES string of the molecule is Cc1cccc(CCN2CCC3(CCNC3)C2)c1. The minimum absolute atomic E-state index is 0.618. The van der Waals surface area contributed by atoms with Gasteiger partial charge in [0.05, 0.1) is 0 Å². The molecule has 2 fully saturated rings. The normalized spacial score (nSPS) is 28.3. The number of aryl methyl sites for hydroxylation is 1. The van der Waals surface area contributed by atoms with Crippen molar-refractivity contribution in [1.29, 1.82) is 0 Å². The average Bonchev–Trinajstić information content (AvgIpc) is 2.98. The summed E-state index contributed by atoms with van der Waals surface area (Å²) in [6, 6.07) is 8.94. The molecule has 0 saturated carbocycles. The number of likely N-dealkylation sites (tertiary alicyclic amines) is 1. The molecule has 2 aliphatic heterocycles. The van der Waals surface area contributed by atoms with Gasteiger partial charge in [-0.25, -0.2) is 0 Å². The van der Waals surface area contributed by atoms with Gasteiger partial charge >= 0.3 is 0 Å². The van der Waals surface area contributed by atoms with Crippen molar-refractivity contribution >= 4 is 0 Å². The lowest BCUT2D eigenvalue weighted by atomic mass is 9.87. The van der Waals surface area contributed by atoms with Crippen molar-refractivity contribution in [1.82, 2.24) is 10.2 Å². The number of rotatable bonds is 3. The summed E-state index contributed by atoms with van der Waals surface area (Å²) in [6.07, 6.45) is 3.98. The van der Waals surface area contributed by atoms with Crippen molar-refractivity contribution in [2.75, 3.05) is 32.7 Å². The molecule has 1 spiro atoms. The maximum atomic E-state index is 3.53. The van der Waals surface area contributed by atoms with E-state index in [4.69, 9.17) is 0 Å². The standard InChI is InChI=1S/C16H24N2/c1-14-3-2-4-15(11-14)5-9-18-10-7-16(13-18)6-8-17-12-16/h2-4,11,17H,5-10,12-13H2,1H3. The van der Waals surface area contributed by atoms with Gasteiger partial charge in [0, 0.05) is 19.6 Å². The van der Waals surface area contributed by atoms with Crippen LogP contribution in [-0.4, -0.2) is 37.6 Å². The highest BCUT2D eigenvalue weighted by Crippen LogP contribution is 2.35. The number of benzene rings is 1. The van der Waals surface area contributed by atoms with E-state index < -0.39 is 0 Å². The Morgan fingerprint density at radius 2 is 2.28 bits per heavy atom. The first kappa shape index (κ1) is 12.2. The van der Waals surface area contributed by atoms with E-state index in [1.165, 1.54) is 63.1 Å². The molecule has 2 nitrogen and oxygen atoms in total. The third-order valence-electron chi connectivity index (χ3n) is 4.65. The molecule has 2 saturated heterocycles. The van der Waals surface area contributed by atoms with Crippen molar-refractivity contribution in [3.63, 3.8) is 0 Å². The Hall–Kier alpha value is -0.860. The largest absolute Gasteiger partial charge is 0.316 e. The van der Waals surface area contributed by atoms with Gasteiger partial charge in [-0.1, -0.05) is 29.8 Å². The molecule has 0 aromatic heterocycles. The first-order valence-electron chi connectivity index (χ1n) is 7.24. The molecule has 2 aliphatic rings. The van der Waals surface area contributed by atoms with Crippen LogP contribution in [0.15, 0.2) is 24.3 Å². The maximum absolute atomic E-state index is 3.53. The van der Waals surface area contributed by atoms with Gasteiger partial charge in [-0.3, -0.25) is 0 Å². The molecule has 1 atom stereocenters. The van der Waals surface area contributed by atoms with Crippen molar-refractivity contribution in [2.24, 2.45) is 5.41 Å². The highest BCUT2D eigenvalue weighted by molar-refractivity contribution is 5.22. The molecular weight excluding hydrogens is 220 g/mol. The van der Waals surface area contributed by atoms with Crippen LogP contribution in [0.1, 0.15) is 24.0 Å². The Bertz CT molecular complexity index is 407. The predicted octanol–water partition coefficient (Wildman–Crippen LogP) is 2.22. The molecule has 1 unspecified atom stereocenters. The third-order valence-corrected chi connectivity index (χ3v) is 4.65. The summed E-state index contributed by atoms with van der Waals surface area (Å²) < 4.78 is 0. The molecule has 1 aromatic carbocycles. The number of hydrogen-bond donors (Lipinski definition) is 1. The third kappa shape index (κ3) is 2.60. The van der Waals surface area contributed by atoms with Gasteiger partial charge in [0.2, 0.25) is 0 Å². The monoisotopic (exact) mass is 244 g/mol. The Kier molecular flexibility index (Phi) is 3.40. The fourth-order valence-electron chi connectivity index (χ4n) is 3.52. The quantitative estimate of drug-likeness (QED) is 0.877. The predicted molar refractivity (Wildman–Crippen MR) is 75.9 cm³/mol. The highest BCUT2D eigenvalue weighted by atomic mass is 15.2. The van der Waals surface area contributed by atoms with E-state index in [0.717, 1.165) is 0 Å². The van der Waals surface area contributed by atoms with Crippen LogP contribution in [0.5, 0.6) is 0 Å².